The molecule has 0 spiro atoms. The molecule has 0 aliphatic carbocycles. The topological polar surface area (TPSA) is 20.2 Å². The van der Waals surface area contributed by atoms with Crippen LogP contribution in [-0.4, -0.2) is 6.54 Å². The first kappa shape index (κ1) is 4.94. The van der Waals surface area contributed by atoms with Gasteiger partial charge >= 0.3 is 0 Å². The van der Waals surface area contributed by atoms with E-state index in [9.17, 15) is 0 Å². The Bertz CT molecular complexity index is 324. The van der Waals surface area contributed by atoms with E-state index >= 15 is 0 Å². The van der Waals surface area contributed by atoms with Gasteiger partial charge in [0.2, 0.25) is 1.43 Å². The summed E-state index contributed by atoms with van der Waals surface area (Å²) < 4.78 is 21.8. The van der Waals surface area contributed by atoms with E-state index in [1.807, 2.05) is 32.9 Å². The van der Waals surface area contributed by atoms with Gasteiger partial charge in [-0.25, -0.2) is 0 Å². The van der Waals surface area contributed by atoms with E-state index in [1.165, 1.54) is 0 Å². The van der Waals surface area contributed by atoms with E-state index in [-0.39, 0.29) is 0 Å². The van der Waals surface area contributed by atoms with Crippen LogP contribution in [0.4, 0.5) is 0 Å². The third-order valence-electron chi connectivity index (χ3n) is 1.78. The number of aliphatic hydroxyl groups is 1. The quantitative estimate of drug-likeness (QED) is 0.690. The van der Waals surface area contributed by atoms with Gasteiger partial charge in [0, 0.05) is 0 Å². The molecule has 0 aromatic heterocycles. The molecule has 11 heavy (non-hydrogen) atoms. The Labute approximate surface area is 72.0 Å². The molecular weight excluding hydrogens is 136 g/mol. The number of aryl methyl sites for hydroxylation is 3. The molecule has 0 unspecified atom stereocenters. The van der Waals surface area contributed by atoms with Crippen LogP contribution in [0.2, 0.25) is 0 Å². The van der Waals surface area contributed by atoms with Crippen LogP contribution in [0.3, 0.4) is 0 Å². The van der Waals surface area contributed by atoms with Crippen molar-refractivity contribution in [2.75, 3.05) is 0 Å². The summed E-state index contributed by atoms with van der Waals surface area (Å²) in [5.74, 6) is 0. The summed E-state index contributed by atoms with van der Waals surface area (Å²) in [5, 5.41) is 4.11. The minimum absolute atomic E-state index is 0.457. The third kappa shape index (κ3) is 1.60. The predicted molar refractivity (Wildman–Crippen MR) is 46.6 cm³/mol. The van der Waals surface area contributed by atoms with Crippen molar-refractivity contribution in [3.05, 3.63) is 34.4 Å². The second-order valence-electron chi connectivity index (χ2n) is 2.88. The van der Waals surface area contributed by atoms with E-state index in [1.54, 1.807) is 0 Å². The summed E-state index contributed by atoms with van der Waals surface area (Å²) in [6, 6.07) is 3.78. The molecule has 0 amide bonds. The predicted octanol–water partition coefficient (Wildman–Crippen LogP) is 2.10. The number of hydrogen-bond acceptors (Lipinski definition) is 1. The summed E-state index contributed by atoms with van der Waals surface area (Å²) in [6.07, 6.45) is 0. The van der Waals surface area contributed by atoms with Crippen LogP contribution in [0, 0.1) is 20.8 Å². The molecule has 60 valence electrons. The first-order valence-corrected chi connectivity index (χ1v) is 3.61. The van der Waals surface area contributed by atoms with Gasteiger partial charge in [-0.3, -0.25) is 0 Å². The largest absolute Gasteiger partial charge is 0.392 e. The zero-order chi connectivity index (χ0) is 10.9. The molecule has 1 N–H and O–H groups in total. The van der Waals surface area contributed by atoms with E-state index in [4.69, 9.17) is 4.17 Å². The van der Waals surface area contributed by atoms with Crippen LogP contribution in [-0.2, 0) is 6.56 Å². The molecule has 1 heteroatoms. The van der Waals surface area contributed by atoms with Gasteiger partial charge in [-0.1, -0.05) is 17.7 Å². The van der Waals surface area contributed by atoms with E-state index in [2.05, 4.69) is 5.11 Å². The fourth-order valence-corrected chi connectivity index (χ4v) is 1.34. The minimum Gasteiger partial charge on any atom is -0.392 e. The van der Waals surface area contributed by atoms with E-state index in [0.29, 0.717) is 5.56 Å². The average Bonchev–Trinajstić information content (AvgIpc) is 2.01. The van der Waals surface area contributed by atoms with Gasteiger partial charge in [0.15, 0.2) is 0 Å². The zero-order valence-corrected chi connectivity index (χ0v) is 7.06. The molecule has 0 bridgehead atoms. The van der Waals surface area contributed by atoms with Crippen LogP contribution in [0.15, 0.2) is 12.1 Å². The average molecular weight is 153 g/mol. The SMILES string of the molecule is [2H]OC([2H])([2H])c1c(C)cc(C)cc1C. The maximum atomic E-state index is 7.53. The molecule has 0 saturated heterocycles. The number of rotatable bonds is 2. The monoisotopic (exact) mass is 153 g/mol. The second-order valence-corrected chi connectivity index (χ2v) is 2.88. The fourth-order valence-electron chi connectivity index (χ4n) is 1.34. The Hall–Kier alpha value is -0.820. The Kier molecular flexibility index (Phi) is 1.37. The summed E-state index contributed by atoms with van der Waals surface area (Å²) >= 11 is 0. The van der Waals surface area contributed by atoms with Crippen molar-refractivity contribution in [3.63, 3.8) is 0 Å². The summed E-state index contributed by atoms with van der Waals surface area (Å²) in [7, 11) is 0. The normalized spacial score (nSPS) is 15.4. The smallest absolute Gasteiger partial charge is 0.211 e. The summed E-state index contributed by atoms with van der Waals surface area (Å²) in [4.78, 5) is 0. The highest BCUT2D eigenvalue weighted by molar-refractivity contribution is 5.36. The molecular formula is C10H14O. The van der Waals surface area contributed by atoms with Crippen LogP contribution in [0.5, 0.6) is 0 Å². The molecule has 0 radical (unpaired) electrons. The Morgan fingerprint density at radius 1 is 1.36 bits per heavy atom. The van der Waals surface area contributed by atoms with E-state index < -0.39 is 6.56 Å². The van der Waals surface area contributed by atoms with E-state index in [0.717, 1.165) is 16.7 Å². The third-order valence-corrected chi connectivity index (χ3v) is 1.78. The van der Waals surface area contributed by atoms with Crippen LogP contribution in [0.25, 0.3) is 0 Å². The lowest BCUT2D eigenvalue weighted by molar-refractivity contribution is 0.280. The standard InChI is InChI=1S/C10H14O/c1-7-4-8(2)10(6-11)9(3)5-7/h4-5,11H,6H2,1-3H3/i6D2,11D. The molecule has 0 aliphatic rings. The summed E-state index contributed by atoms with van der Waals surface area (Å²) in [5.41, 5.74) is 3.18. The van der Waals surface area contributed by atoms with Crippen molar-refractivity contribution in [2.45, 2.75) is 27.3 Å². The Balaban J connectivity index is 3.35. The highest BCUT2D eigenvalue weighted by Gasteiger charge is 2.00. The van der Waals surface area contributed by atoms with Gasteiger partial charge in [-0.15, -0.1) is 0 Å². The molecule has 0 fully saturated rings. The lowest BCUT2D eigenvalue weighted by Gasteiger charge is -2.07. The molecule has 1 rings (SSSR count). The van der Waals surface area contributed by atoms with Gasteiger partial charge in [-0.2, -0.15) is 0 Å². The molecule has 0 aliphatic heterocycles. The zero-order valence-electron chi connectivity index (χ0n) is 10.1. The maximum Gasteiger partial charge on any atom is 0.211 e. The van der Waals surface area contributed by atoms with Crippen molar-refractivity contribution in [1.82, 2.24) is 0 Å². The Morgan fingerprint density at radius 3 is 2.36 bits per heavy atom. The second kappa shape index (κ2) is 3.05. The number of benzene rings is 1. The molecule has 0 atom stereocenters. The van der Waals surface area contributed by atoms with Gasteiger partial charge in [0.25, 0.3) is 0 Å². The van der Waals surface area contributed by atoms with Crippen LogP contribution >= 0.6 is 0 Å². The molecule has 1 nitrogen and oxygen atoms in total. The Morgan fingerprint density at radius 2 is 1.91 bits per heavy atom. The lowest BCUT2D eigenvalue weighted by atomic mass is 10.0. The minimum atomic E-state index is -2.03. The first-order chi connectivity index (χ1) is 6.38. The van der Waals surface area contributed by atoms with Gasteiger partial charge in [0.1, 0.15) is 0 Å². The summed E-state index contributed by atoms with van der Waals surface area (Å²) in [6.45, 7) is 3.58. The van der Waals surface area contributed by atoms with Crippen molar-refractivity contribution in [2.24, 2.45) is 0 Å². The lowest BCUT2D eigenvalue weighted by Crippen LogP contribution is -1.93. The van der Waals surface area contributed by atoms with Gasteiger partial charge in [0.05, 0.1) is 9.30 Å². The highest BCUT2D eigenvalue weighted by Crippen LogP contribution is 2.15. The molecule has 1 aromatic carbocycles. The van der Waals surface area contributed by atoms with Crippen LogP contribution in [0.1, 0.15) is 25.0 Å². The molecule has 0 heterocycles. The highest BCUT2D eigenvalue weighted by atomic mass is 16.3. The van der Waals surface area contributed by atoms with Gasteiger partial charge in [-0.05, 0) is 37.5 Å². The van der Waals surface area contributed by atoms with Crippen LogP contribution < -0.4 is 0 Å². The fraction of sp³-hybridized carbons (Fsp3) is 0.400. The molecule has 0 saturated carbocycles. The molecule has 1 aromatic rings. The maximum absolute atomic E-state index is 7.53. The van der Waals surface area contributed by atoms with Gasteiger partial charge < -0.3 is 5.11 Å². The van der Waals surface area contributed by atoms with Crippen molar-refractivity contribution < 1.29 is 7.85 Å². The first-order valence-electron chi connectivity index (χ1n) is 5.02. The van der Waals surface area contributed by atoms with Crippen molar-refractivity contribution in [3.8, 4) is 0 Å². The van der Waals surface area contributed by atoms with Crippen molar-refractivity contribution in [1.29, 1.82) is 1.43 Å². The number of hydrogen-bond donors (Lipinski definition) is 1. The van der Waals surface area contributed by atoms with Crippen molar-refractivity contribution >= 4 is 0 Å².